The van der Waals surface area contributed by atoms with Gasteiger partial charge in [-0.2, -0.15) is 10.2 Å². The van der Waals surface area contributed by atoms with Crippen LogP contribution in [0.3, 0.4) is 0 Å². The minimum atomic E-state index is -0.847. The SMILES string of the molecule is Cc1cc(C)n(-c2ccc(=O)n(C(C)C(=O)Nc3ccc(-c4ccc(=O)[nH]n4)cc3)n2)n1. The van der Waals surface area contributed by atoms with Crippen LogP contribution in [0, 0.1) is 13.8 Å². The van der Waals surface area contributed by atoms with Gasteiger partial charge in [0.25, 0.3) is 11.1 Å². The van der Waals surface area contributed by atoms with Crippen molar-refractivity contribution in [3.8, 4) is 17.1 Å². The van der Waals surface area contributed by atoms with E-state index in [-0.39, 0.29) is 11.5 Å². The highest BCUT2D eigenvalue weighted by Crippen LogP contribution is 2.19. The molecule has 32 heavy (non-hydrogen) atoms. The molecule has 3 heterocycles. The summed E-state index contributed by atoms with van der Waals surface area (Å²) in [5.74, 6) is 0.0626. The first-order chi connectivity index (χ1) is 15.3. The number of carbonyl (C=O) groups is 1. The van der Waals surface area contributed by atoms with E-state index in [4.69, 9.17) is 0 Å². The third-order valence-corrected chi connectivity index (χ3v) is 4.91. The number of aromatic amines is 1. The number of anilines is 1. The molecule has 1 unspecified atom stereocenters. The van der Waals surface area contributed by atoms with E-state index >= 15 is 0 Å². The van der Waals surface area contributed by atoms with Gasteiger partial charge in [-0.3, -0.25) is 14.4 Å². The largest absolute Gasteiger partial charge is 0.324 e. The van der Waals surface area contributed by atoms with Crippen LogP contribution in [0.15, 0.2) is 64.2 Å². The molecule has 0 aliphatic rings. The predicted octanol–water partition coefficient (Wildman–Crippen LogP) is 2.00. The van der Waals surface area contributed by atoms with Crippen molar-refractivity contribution in [3.05, 3.63) is 86.7 Å². The van der Waals surface area contributed by atoms with Crippen molar-refractivity contribution >= 4 is 11.6 Å². The van der Waals surface area contributed by atoms with Gasteiger partial charge in [-0.1, -0.05) is 12.1 Å². The molecule has 10 heteroatoms. The first-order valence-corrected chi connectivity index (χ1v) is 9.92. The number of H-pyrrole nitrogens is 1. The Bertz CT molecular complexity index is 1380. The molecule has 1 amide bonds. The van der Waals surface area contributed by atoms with Crippen molar-refractivity contribution in [2.24, 2.45) is 0 Å². The van der Waals surface area contributed by atoms with Crippen LogP contribution in [0.2, 0.25) is 0 Å². The van der Waals surface area contributed by atoms with Gasteiger partial charge in [0.05, 0.1) is 11.4 Å². The number of carbonyl (C=O) groups excluding carboxylic acids is 1. The Labute approximate surface area is 182 Å². The molecule has 162 valence electrons. The minimum Gasteiger partial charge on any atom is -0.324 e. The molecular weight excluding hydrogens is 410 g/mol. The Kier molecular flexibility index (Phi) is 5.50. The second-order valence-electron chi connectivity index (χ2n) is 7.36. The normalized spacial score (nSPS) is 11.8. The van der Waals surface area contributed by atoms with E-state index in [1.807, 2.05) is 19.9 Å². The Morgan fingerprint density at radius 1 is 1.00 bits per heavy atom. The van der Waals surface area contributed by atoms with Crippen molar-refractivity contribution in [1.29, 1.82) is 0 Å². The fourth-order valence-electron chi connectivity index (χ4n) is 3.25. The quantitative estimate of drug-likeness (QED) is 0.497. The van der Waals surface area contributed by atoms with Gasteiger partial charge in [-0.25, -0.2) is 14.5 Å². The highest BCUT2D eigenvalue weighted by atomic mass is 16.2. The Hall–Kier alpha value is -4.34. The van der Waals surface area contributed by atoms with Crippen molar-refractivity contribution < 1.29 is 4.79 Å². The highest BCUT2D eigenvalue weighted by molar-refractivity contribution is 5.93. The maximum absolute atomic E-state index is 12.8. The molecule has 0 fully saturated rings. The Balaban J connectivity index is 1.53. The van der Waals surface area contributed by atoms with Crippen molar-refractivity contribution in [2.75, 3.05) is 5.32 Å². The number of aryl methyl sites for hydroxylation is 2. The first kappa shape index (κ1) is 20.9. The van der Waals surface area contributed by atoms with Crippen LogP contribution in [0.25, 0.3) is 17.1 Å². The zero-order valence-electron chi connectivity index (χ0n) is 17.7. The van der Waals surface area contributed by atoms with E-state index in [1.165, 1.54) is 12.1 Å². The van der Waals surface area contributed by atoms with E-state index < -0.39 is 11.6 Å². The lowest BCUT2D eigenvalue weighted by Gasteiger charge is -2.15. The van der Waals surface area contributed by atoms with Crippen LogP contribution in [0.5, 0.6) is 0 Å². The smallest absolute Gasteiger partial charge is 0.267 e. The van der Waals surface area contributed by atoms with Crippen LogP contribution in [-0.2, 0) is 4.79 Å². The summed E-state index contributed by atoms with van der Waals surface area (Å²) >= 11 is 0. The summed E-state index contributed by atoms with van der Waals surface area (Å²) in [5.41, 5.74) is 2.96. The maximum Gasteiger partial charge on any atom is 0.267 e. The maximum atomic E-state index is 12.8. The topological polar surface area (TPSA) is 128 Å². The summed E-state index contributed by atoms with van der Waals surface area (Å²) in [4.78, 5) is 36.3. The number of hydrogen-bond donors (Lipinski definition) is 2. The molecule has 0 bridgehead atoms. The predicted molar refractivity (Wildman–Crippen MR) is 119 cm³/mol. The number of benzene rings is 1. The molecule has 2 N–H and O–H groups in total. The third kappa shape index (κ3) is 4.24. The zero-order valence-corrected chi connectivity index (χ0v) is 17.7. The molecule has 0 radical (unpaired) electrons. The van der Waals surface area contributed by atoms with Gasteiger partial charge in [0.15, 0.2) is 5.82 Å². The summed E-state index contributed by atoms with van der Waals surface area (Å²) in [6.45, 7) is 5.36. The molecule has 3 aromatic heterocycles. The number of aromatic nitrogens is 6. The Morgan fingerprint density at radius 3 is 2.38 bits per heavy atom. The monoisotopic (exact) mass is 431 g/mol. The standard InChI is InChI=1S/C22H21N7O3/c1-13-12-14(2)28(26-13)19-9-11-21(31)29(27-19)15(3)22(32)23-17-6-4-16(5-7-17)18-8-10-20(30)25-24-18/h4-12,15H,1-3H3,(H,23,32)(H,25,30). The average molecular weight is 431 g/mol. The van der Waals surface area contributed by atoms with E-state index in [1.54, 1.807) is 48.0 Å². The molecule has 10 nitrogen and oxygen atoms in total. The number of nitrogens with one attached hydrogen (secondary N) is 2. The van der Waals surface area contributed by atoms with E-state index in [0.717, 1.165) is 21.6 Å². The number of hydrogen-bond acceptors (Lipinski definition) is 6. The highest BCUT2D eigenvalue weighted by Gasteiger charge is 2.19. The molecule has 0 saturated carbocycles. The summed E-state index contributed by atoms with van der Waals surface area (Å²) in [6.07, 6.45) is 0. The van der Waals surface area contributed by atoms with Crippen molar-refractivity contribution in [2.45, 2.75) is 26.8 Å². The molecule has 1 atom stereocenters. The van der Waals surface area contributed by atoms with Gasteiger partial charge >= 0.3 is 0 Å². The van der Waals surface area contributed by atoms with Crippen LogP contribution in [0.4, 0.5) is 5.69 Å². The second-order valence-corrected chi connectivity index (χ2v) is 7.36. The minimum absolute atomic E-state index is 0.280. The van der Waals surface area contributed by atoms with Crippen molar-refractivity contribution in [1.82, 2.24) is 29.8 Å². The number of nitrogens with zero attached hydrogens (tertiary/aromatic N) is 5. The average Bonchev–Trinajstić information content (AvgIpc) is 3.12. The summed E-state index contributed by atoms with van der Waals surface area (Å²) in [5, 5.41) is 17.9. The van der Waals surface area contributed by atoms with E-state index in [0.29, 0.717) is 17.2 Å². The summed E-state index contributed by atoms with van der Waals surface area (Å²) < 4.78 is 2.76. The lowest BCUT2D eigenvalue weighted by Crippen LogP contribution is -2.33. The van der Waals surface area contributed by atoms with Crippen LogP contribution in [-0.4, -0.2) is 35.7 Å². The van der Waals surface area contributed by atoms with Crippen molar-refractivity contribution in [3.63, 3.8) is 0 Å². The molecular formula is C22H21N7O3. The van der Waals surface area contributed by atoms with Gasteiger partial charge in [0.1, 0.15) is 6.04 Å². The van der Waals surface area contributed by atoms with Crippen LogP contribution < -0.4 is 16.4 Å². The number of rotatable bonds is 5. The van der Waals surface area contributed by atoms with E-state index in [9.17, 15) is 14.4 Å². The third-order valence-electron chi connectivity index (χ3n) is 4.91. The van der Waals surface area contributed by atoms with E-state index in [2.05, 4.69) is 25.7 Å². The molecule has 0 aliphatic carbocycles. The molecule has 0 aliphatic heterocycles. The van der Waals surface area contributed by atoms with Crippen LogP contribution >= 0.6 is 0 Å². The molecule has 0 spiro atoms. The second kappa shape index (κ2) is 8.42. The lowest BCUT2D eigenvalue weighted by atomic mass is 10.1. The van der Waals surface area contributed by atoms with Gasteiger partial charge in [-0.05, 0) is 51.1 Å². The number of amides is 1. The van der Waals surface area contributed by atoms with Gasteiger partial charge in [0.2, 0.25) is 5.91 Å². The molecule has 4 aromatic rings. The molecule has 1 aromatic carbocycles. The van der Waals surface area contributed by atoms with Gasteiger partial charge in [0, 0.05) is 29.1 Å². The zero-order chi connectivity index (χ0) is 22.8. The van der Waals surface area contributed by atoms with Crippen LogP contribution in [0.1, 0.15) is 24.4 Å². The lowest BCUT2D eigenvalue weighted by molar-refractivity contribution is -0.119. The molecule has 0 saturated heterocycles. The van der Waals surface area contributed by atoms with Gasteiger partial charge < -0.3 is 5.32 Å². The summed E-state index contributed by atoms with van der Waals surface area (Å²) in [7, 11) is 0. The fraction of sp³-hybridized carbons (Fsp3) is 0.182. The molecule has 4 rings (SSSR count). The first-order valence-electron chi connectivity index (χ1n) is 9.92. The Morgan fingerprint density at radius 2 is 1.75 bits per heavy atom. The summed E-state index contributed by atoms with van der Waals surface area (Å²) in [6, 6.07) is 14.0. The fourth-order valence-corrected chi connectivity index (χ4v) is 3.25. The van der Waals surface area contributed by atoms with Gasteiger partial charge in [-0.15, -0.1) is 5.10 Å².